The molecule has 150 valence electrons. The van der Waals surface area contributed by atoms with Crippen molar-refractivity contribution in [2.45, 2.75) is 51.1 Å². The summed E-state index contributed by atoms with van der Waals surface area (Å²) in [6.07, 6.45) is 8.75. The molecule has 0 saturated heterocycles. The highest BCUT2D eigenvalue weighted by Crippen LogP contribution is 2.27. The van der Waals surface area contributed by atoms with E-state index in [0.717, 1.165) is 24.1 Å². The van der Waals surface area contributed by atoms with Crippen molar-refractivity contribution in [1.82, 2.24) is 10.3 Å². The second-order valence-corrected chi connectivity index (χ2v) is 7.14. The summed E-state index contributed by atoms with van der Waals surface area (Å²) in [5, 5.41) is 6.44. The normalized spacial score (nSPS) is 14.8. The first kappa shape index (κ1) is 20.0. The van der Waals surface area contributed by atoms with Crippen LogP contribution in [0, 0.1) is 0 Å². The van der Waals surface area contributed by atoms with E-state index in [4.69, 9.17) is 9.47 Å². The SMILES string of the molecule is COc1ccc(CNc2ccc(C(=O)NC3CCCCCC3)nc2)cc1OC. The van der Waals surface area contributed by atoms with Crippen LogP contribution >= 0.6 is 0 Å². The van der Waals surface area contributed by atoms with Crippen LogP contribution in [0.25, 0.3) is 0 Å². The predicted molar refractivity (Wildman–Crippen MR) is 110 cm³/mol. The number of carbonyl (C=O) groups is 1. The fraction of sp³-hybridized carbons (Fsp3) is 0.455. The van der Waals surface area contributed by atoms with E-state index >= 15 is 0 Å². The Morgan fingerprint density at radius 3 is 2.43 bits per heavy atom. The van der Waals surface area contributed by atoms with Gasteiger partial charge in [-0.1, -0.05) is 31.7 Å². The summed E-state index contributed by atoms with van der Waals surface area (Å²) in [7, 11) is 3.24. The number of aromatic nitrogens is 1. The van der Waals surface area contributed by atoms with Crippen molar-refractivity contribution in [2.24, 2.45) is 0 Å². The average molecular weight is 383 g/mol. The maximum atomic E-state index is 12.4. The number of methoxy groups -OCH3 is 2. The van der Waals surface area contributed by atoms with E-state index in [-0.39, 0.29) is 11.9 Å². The number of nitrogens with one attached hydrogen (secondary N) is 2. The van der Waals surface area contributed by atoms with Gasteiger partial charge >= 0.3 is 0 Å². The Morgan fingerprint density at radius 1 is 1.04 bits per heavy atom. The van der Waals surface area contributed by atoms with Gasteiger partial charge in [-0.15, -0.1) is 0 Å². The molecule has 0 unspecified atom stereocenters. The molecular weight excluding hydrogens is 354 g/mol. The van der Waals surface area contributed by atoms with Crippen LogP contribution in [-0.4, -0.2) is 31.2 Å². The maximum Gasteiger partial charge on any atom is 0.270 e. The molecule has 0 bridgehead atoms. The zero-order valence-electron chi connectivity index (χ0n) is 16.7. The molecular formula is C22H29N3O3. The van der Waals surface area contributed by atoms with E-state index in [0.29, 0.717) is 23.7 Å². The smallest absolute Gasteiger partial charge is 0.270 e. The van der Waals surface area contributed by atoms with Gasteiger partial charge in [0, 0.05) is 12.6 Å². The first-order chi connectivity index (χ1) is 13.7. The molecule has 0 spiro atoms. The Bertz CT molecular complexity index is 769. The van der Waals surface area contributed by atoms with Crippen LogP contribution < -0.4 is 20.1 Å². The number of hydrogen-bond donors (Lipinski definition) is 2. The number of hydrogen-bond acceptors (Lipinski definition) is 5. The van der Waals surface area contributed by atoms with Crippen molar-refractivity contribution >= 4 is 11.6 Å². The molecule has 1 aromatic carbocycles. The Kier molecular flexibility index (Phi) is 7.12. The van der Waals surface area contributed by atoms with Crippen LogP contribution in [0.4, 0.5) is 5.69 Å². The third-order valence-corrected chi connectivity index (χ3v) is 5.13. The van der Waals surface area contributed by atoms with Crippen molar-refractivity contribution in [3.05, 3.63) is 47.8 Å². The molecule has 2 aromatic rings. The van der Waals surface area contributed by atoms with Crippen LogP contribution in [0.15, 0.2) is 36.5 Å². The number of benzene rings is 1. The summed E-state index contributed by atoms with van der Waals surface area (Å²) in [6, 6.07) is 9.73. The first-order valence-corrected chi connectivity index (χ1v) is 9.91. The molecule has 1 heterocycles. The van der Waals surface area contributed by atoms with Gasteiger partial charge in [0.2, 0.25) is 0 Å². The van der Waals surface area contributed by atoms with Crippen LogP contribution in [0.2, 0.25) is 0 Å². The number of anilines is 1. The van der Waals surface area contributed by atoms with Crippen molar-refractivity contribution < 1.29 is 14.3 Å². The molecule has 3 rings (SSSR count). The van der Waals surface area contributed by atoms with E-state index < -0.39 is 0 Å². The van der Waals surface area contributed by atoms with E-state index in [1.807, 2.05) is 24.3 Å². The molecule has 1 amide bonds. The summed E-state index contributed by atoms with van der Waals surface area (Å²) < 4.78 is 10.6. The quantitative estimate of drug-likeness (QED) is 0.702. The van der Waals surface area contributed by atoms with Crippen LogP contribution in [0.1, 0.15) is 54.6 Å². The topological polar surface area (TPSA) is 72.5 Å². The molecule has 28 heavy (non-hydrogen) atoms. The summed E-state index contributed by atoms with van der Waals surface area (Å²) in [5.41, 5.74) is 2.38. The monoisotopic (exact) mass is 383 g/mol. The van der Waals surface area contributed by atoms with E-state index in [1.54, 1.807) is 26.5 Å². The van der Waals surface area contributed by atoms with Gasteiger partial charge in [0.1, 0.15) is 5.69 Å². The molecule has 1 fully saturated rings. The molecule has 1 aromatic heterocycles. The summed E-state index contributed by atoms with van der Waals surface area (Å²) in [5.74, 6) is 1.32. The highest BCUT2D eigenvalue weighted by atomic mass is 16.5. The van der Waals surface area contributed by atoms with Gasteiger partial charge in [-0.2, -0.15) is 0 Å². The Hall–Kier alpha value is -2.76. The number of amides is 1. The minimum absolute atomic E-state index is 0.0849. The highest BCUT2D eigenvalue weighted by molar-refractivity contribution is 5.92. The minimum atomic E-state index is -0.0849. The third-order valence-electron chi connectivity index (χ3n) is 5.13. The molecule has 6 heteroatoms. The zero-order chi connectivity index (χ0) is 19.8. The lowest BCUT2D eigenvalue weighted by Gasteiger charge is -2.16. The average Bonchev–Trinajstić information content (AvgIpc) is 3.01. The van der Waals surface area contributed by atoms with Crippen LogP contribution in [0.3, 0.4) is 0 Å². The van der Waals surface area contributed by atoms with E-state index in [9.17, 15) is 4.79 Å². The number of nitrogens with zero attached hydrogens (tertiary/aromatic N) is 1. The minimum Gasteiger partial charge on any atom is -0.493 e. The Labute approximate surface area is 166 Å². The maximum absolute atomic E-state index is 12.4. The van der Waals surface area contributed by atoms with Gasteiger partial charge in [0.25, 0.3) is 5.91 Å². The first-order valence-electron chi connectivity index (χ1n) is 9.91. The predicted octanol–water partition coefficient (Wildman–Crippen LogP) is 4.16. The molecule has 1 aliphatic carbocycles. The van der Waals surface area contributed by atoms with Crippen molar-refractivity contribution in [3.63, 3.8) is 0 Å². The van der Waals surface area contributed by atoms with Gasteiger partial charge in [-0.25, -0.2) is 4.98 Å². The summed E-state index contributed by atoms with van der Waals surface area (Å²) in [6.45, 7) is 0.621. The van der Waals surface area contributed by atoms with E-state index in [2.05, 4.69) is 15.6 Å². The standard InChI is InChI=1S/C22H29N3O3/c1-27-20-12-9-16(13-21(20)28-2)14-23-18-10-11-19(24-15-18)22(26)25-17-7-5-3-4-6-8-17/h9-13,15,17,23H,3-8,14H2,1-2H3,(H,25,26). The Balaban J connectivity index is 1.54. The lowest BCUT2D eigenvalue weighted by Crippen LogP contribution is -2.34. The molecule has 2 N–H and O–H groups in total. The van der Waals surface area contributed by atoms with Gasteiger partial charge in [0.15, 0.2) is 11.5 Å². The number of ether oxygens (including phenoxy) is 2. The molecule has 0 radical (unpaired) electrons. The van der Waals surface area contributed by atoms with E-state index in [1.165, 1.54) is 25.7 Å². The number of carbonyl (C=O) groups excluding carboxylic acids is 1. The van der Waals surface area contributed by atoms with Gasteiger partial charge in [-0.3, -0.25) is 4.79 Å². The Morgan fingerprint density at radius 2 is 1.79 bits per heavy atom. The number of rotatable bonds is 7. The molecule has 1 saturated carbocycles. The van der Waals surface area contributed by atoms with Crippen LogP contribution in [-0.2, 0) is 6.54 Å². The molecule has 0 atom stereocenters. The lowest BCUT2D eigenvalue weighted by atomic mass is 10.1. The largest absolute Gasteiger partial charge is 0.493 e. The van der Waals surface area contributed by atoms with Crippen LogP contribution in [0.5, 0.6) is 11.5 Å². The van der Waals surface area contributed by atoms with Gasteiger partial charge < -0.3 is 20.1 Å². The van der Waals surface area contributed by atoms with Crippen molar-refractivity contribution in [3.8, 4) is 11.5 Å². The fourth-order valence-corrected chi connectivity index (χ4v) is 3.51. The fourth-order valence-electron chi connectivity index (χ4n) is 3.51. The molecule has 0 aliphatic heterocycles. The summed E-state index contributed by atoms with van der Waals surface area (Å²) in [4.78, 5) is 16.7. The second kappa shape index (κ2) is 9.97. The van der Waals surface area contributed by atoms with Gasteiger partial charge in [-0.05, 0) is 42.7 Å². The highest BCUT2D eigenvalue weighted by Gasteiger charge is 2.16. The molecule has 1 aliphatic rings. The van der Waals surface area contributed by atoms with Crippen molar-refractivity contribution in [2.75, 3.05) is 19.5 Å². The summed E-state index contributed by atoms with van der Waals surface area (Å²) >= 11 is 0. The lowest BCUT2D eigenvalue weighted by molar-refractivity contribution is 0.0928. The van der Waals surface area contributed by atoms with Gasteiger partial charge in [0.05, 0.1) is 26.1 Å². The van der Waals surface area contributed by atoms with Crippen molar-refractivity contribution in [1.29, 1.82) is 0 Å². The molecule has 6 nitrogen and oxygen atoms in total. The third kappa shape index (κ3) is 5.38. The number of pyridine rings is 1. The second-order valence-electron chi connectivity index (χ2n) is 7.14. The zero-order valence-corrected chi connectivity index (χ0v) is 16.7.